The van der Waals surface area contributed by atoms with E-state index in [-0.39, 0.29) is 10.8 Å². The molecular formula is C28H41N2O2S+. The van der Waals surface area contributed by atoms with Crippen LogP contribution in [0.1, 0.15) is 86.1 Å². The van der Waals surface area contributed by atoms with Crippen LogP contribution in [0.3, 0.4) is 0 Å². The van der Waals surface area contributed by atoms with E-state index in [0.717, 1.165) is 47.6 Å². The quantitative estimate of drug-likeness (QED) is 0.229. The van der Waals surface area contributed by atoms with Crippen LogP contribution in [-0.2, 0) is 5.41 Å². The van der Waals surface area contributed by atoms with Gasteiger partial charge < -0.3 is 9.47 Å². The van der Waals surface area contributed by atoms with Crippen LogP contribution >= 0.6 is 11.8 Å². The fraction of sp³-hybridized carbons (Fsp3) is 0.571. The van der Waals surface area contributed by atoms with Crippen LogP contribution in [-0.4, -0.2) is 13.2 Å². The topological polar surface area (TPSA) is 46.6 Å². The van der Waals surface area contributed by atoms with Crippen molar-refractivity contribution >= 4 is 17.4 Å². The maximum Gasteiger partial charge on any atom is 0.430 e. The number of rotatable bonds is 12. The molecule has 0 bridgehead atoms. The van der Waals surface area contributed by atoms with Crippen molar-refractivity contribution in [2.45, 2.75) is 95.8 Å². The third-order valence-corrected chi connectivity index (χ3v) is 6.53. The van der Waals surface area contributed by atoms with Crippen molar-refractivity contribution in [3.8, 4) is 11.5 Å². The summed E-state index contributed by atoms with van der Waals surface area (Å²) in [6.45, 7) is 17.0. The summed E-state index contributed by atoms with van der Waals surface area (Å²) in [6, 6.07) is 12.6. The molecule has 2 aromatic carbocycles. The number of hydrogen-bond donors (Lipinski definition) is 0. The minimum absolute atomic E-state index is 0.112. The number of ether oxygens (including phenoxy) is 2. The van der Waals surface area contributed by atoms with Crippen molar-refractivity contribution in [2.24, 2.45) is 5.41 Å². The molecule has 0 unspecified atom stereocenters. The van der Waals surface area contributed by atoms with Gasteiger partial charge in [0.1, 0.15) is 5.75 Å². The summed E-state index contributed by atoms with van der Waals surface area (Å²) in [5, 5.41) is 9.52. The standard InChI is InChI=1S/C28H41N2O2S/c1-8-10-16-31-24-19-26(25(18-23(24)30-29)32-17-11-9-2)33-22-14-12-21(13-15-22)28(6,7)20-27(3,4)5/h12-15,18-19H,8-11,16-17,20H2,1-7H3/q+1. The third kappa shape index (κ3) is 8.59. The van der Waals surface area contributed by atoms with Crippen molar-refractivity contribution in [1.29, 1.82) is 5.39 Å². The van der Waals surface area contributed by atoms with E-state index in [1.54, 1.807) is 17.8 Å². The predicted octanol–water partition coefficient (Wildman–Crippen LogP) is 9.39. The zero-order valence-electron chi connectivity index (χ0n) is 21.5. The lowest BCUT2D eigenvalue weighted by atomic mass is 9.72. The van der Waals surface area contributed by atoms with Gasteiger partial charge in [-0.25, -0.2) is 0 Å². The Morgan fingerprint density at radius 1 is 0.848 bits per heavy atom. The Morgan fingerprint density at radius 2 is 1.42 bits per heavy atom. The number of diazo groups is 1. The first-order chi connectivity index (χ1) is 15.6. The largest absolute Gasteiger partial charge is 0.492 e. The van der Waals surface area contributed by atoms with E-state index in [4.69, 9.17) is 9.47 Å². The van der Waals surface area contributed by atoms with Gasteiger partial charge in [0, 0.05) is 11.0 Å². The van der Waals surface area contributed by atoms with Gasteiger partial charge in [0.2, 0.25) is 11.1 Å². The van der Waals surface area contributed by atoms with E-state index in [1.807, 2.05) is 6.07 Å². The molecule has 0 heterocycles. The van der Waals surface area contributed by atoms with E-state index < -0.39 is 0 Å². The summed E-state index contributed by atoms with van der Waals surface area (Å²) in [6.07, 6.45) is 5.15. The minimum atomic E-state index is 0.112. The molecule has 0 aliphatic rings. The average Bonchev–Trinajstić information content (AvgIpc) is 2.74. The SMILES string of the molecule is CCCCOc1cc(Sc2ccc(C(C)(C)CC(C)(C)C)cc2)c(OCCCC)cc1[N+]#N. The van der Waals surface area contributed by atoms with Crippen molar-refractivity contribution in [1.82, 2.24) is 0 Å². The summed E-state index contributed by atoms with van der Waals surface area (Å²) in [4.78, 5) is 5.54. The molecule has 33 heavy (non-hydrogen) atoms. The Morgan fingerprint density at radius 3 is 1.94 bits per heavy atom. The smallest absolute Gasteiger partial charge is 0.430 e. The van der Waals surface area contributed by atoms with E-state index >= 15 is 0 Å². The molecule has 0 saturated heterocycles. The fourth-order valence-electron chi connectivity index (χ4n) is 4.10. The van der Waals surface area contributed by atoms with Crippen LogP contribution < -0.4 is 9.47 Å². The first-order valence-electron chi connectivity index (χ1n) is 12.2. The molecule has 0 spiro atoms. The molecule has 180 valence electrons. The molecule has 0 fully saturated rings. The summed E-state index contributed by atoms with van der Waals surface area (Å²) < 4.78 is 12.0. The van der Waals surface area contributed by atoms with E-state index in [1.165, 1.54) is 5.56 Å². The van der Waals surface area contributed by atoms with Gasteiger partial charge >= 0.3 is 5.69 Å². The van der Waals surface area contributed by atoms with Gasteiger partial charge in [0.05, 0.1) is 24.2 Å². The molecule has 5 heteroatoms. The Bertz CT molecular complexity index is 925. The summed E-state index contributed by atoms with van der Waals surface area (Å²) in [7, 11) is 0. The summed E-state index contributed by atoms with van der Waals surface area (Å²) >= 11 is 1.65. The Labute approximate surface area is 205 Å². The molecule has 0 amide bonds. The molecule has 0 atom stereocenters. The predicted molar refractivity (Wildman–Crippen MR) is 140 cm³/mol. The van der Waals surface area contributed by atoms with E-state index in [9.17, 15) is 5.39 Å². The molecular weight excluding hydrogens is 428 g/mol. The number of unbranched alkanes of at least 4 members (excludes halogenated alkanes) is 2. The zero-order valence-corrected chi connectivity index (χ0v) is 22.3. The van der Waals surface area contributed by atoms with E-state index in [2.05, 4.69) is 77.7 Å². The minimum Gasteiger partial charge on any atom is -0.492 e. The summed E-state index contributed by atoms with van der Waals surface area (Å²) in [5.41, 5.74) is 2.14. The molecule has 0 aromatic heterocycles. The van der Waals surface area contributed by atoms with Crippen molar-refractivity contribution in [3.05, 3.63) is 46.9 Å². The molecule has 0 radical (unpaired) electrons. The average molecular weight is 470 g/mol. The Balaban J connectivity index is 2.31. The second-order valence-corrected chi connectivity index (χ2v) is 11.6. The van der Waals surface area contributed by atoms with Gasteiger partial charge in [-0.3, -0.25) is 0 Å². The van der Waals surface area contributed by atoms with Gasteiger partial charge in [-0.2, -0.15) is 0 Å². The molecule has 0 saturated carbocycles. The fourth-order valence-corrected chi connectivity index (χ4v) is 5.01. The van der Waals surface area contributed by atoms with Crippen molar-refractivity contribution in [2.75, 3.05) is 13.2 Å². The normalized spacial score (nSPS) is 11.8. The first kappa shape index (κ1) is 27.1. The Hall–Kier alpha value is -2.19. The number of benzene rings is 2. The second-order valence-electron chi connectivity index (χ2n) is 10.5. The van der Waals surface area contributed by atoms with Gasteiger partial charge in [-0.15, -0.1) is 0 Å². The summed E-state index contributed by atoms with van der Waals surface area (Å²) in [5.74, 6) is 1.31. The van der Waals surface area contributed by atoms with Crippen molar-refractivity contribution < 1.29 is 9.47 Å². The van der Waals surface area contributed by atoms with E-state index in [0.29, 0.717) is 24.7 Å². The van der Waals surface area contributed by atoms with Crippen LogP contribution in [0, 0.1) is 10.8 Å². The van der Waals surface area contributed by atoms with Gasteiger partial charge in [0.15, 0.2) is 4.98 Å². The van der Waals surface area contributed by atoms with Gasteiger partial charge in [-0.05, 0) is 47.8 Å². The third-order valence-electron chi connectivity index (χ3n) is 5.48. The van der Waals surface area contributed by atoms with Crippen LogP contribution in [0.25, 0.3) is 4.98 Å². The van der Waals surface area contributed by atoms with Crippen LogP contribution in [0.4, 0.5) is 5.69 Å². The molecule has 2 rings (SSSR count). The maximum atomic E-state index is 9.52. The lowest BCUT2D eigenvalue weighted by Crippen LogP contribution is -2.24. The number of hydrogen-bond acceptors (Lipinski definition) is 4. The lowest BCUT2D eigenvalue weighted by Gasteiger charge is -2.33. The highest BCUT2D eigenvalue weighted by molar-refractivity contribution is 7.99. The Kier molecular flexibility index (Phi) is 10.1. The van der Waals surface area contributed by atoms with Crippen molar-refractivity contribution in [3.63, 3.8) is 0 Å². The van der Waals surface area contributed by atoms with Gasteiger partial charge in [-0.1, -0.05) is 85.2 Å². The number of nitrogens with zero attached hydrogens (tertiary/aromatic N) is 2. The molecule has 0 N–H and O–H groups in total. The van der Waals surface area contributed by atoms with Crippen LogP contribution in [0.15, 0.2) is 46.2 Å². The monoisotopic (exact) mass is 469 g/mol. The van der Waals surface area contributed by atoms with Gasteiger partial charge in [0.25, 0.3) is 0 Å². The maximum absolute atomic E-state index is 9.52. The highest BCUT2D eigenvalue weighted by atomic mass is 32.2. The highest BCUT2D eigenvalue weighted by Crippen LogP contribution is 2.44. The van der Waals surface area contributed by atoms with Crippen LogP contribution in [0.5, 0.6) is 11.5 Å². The lowest BCUT2D eigenvalue weighted by molar-refractivity contribution is 0.284. The molecule has 2 aromatic rings. The first-order valence-corrected chi connectivity index (χ1v) is 13.0. The highest BCUT2D eigenvalue weighted by Gasteiger charge is 2.27. The molecule has 0 aliphatic heterocycles. The molecule has 0 aliphatic carbocycles. The zero-order chi connectivity index (χ0) is 24.5. The second kappa shape index (κ2) is 12.3. The van der Waals surface area contributed by atoms with Crippen LogP contribution in [0.2, 0.25) is 0 Å². The molecule has 4 nitrogen and oxygen atoms in total.